The first kappa shape index (κ1) is 22.3. The van der Waals surface area contributed by atoms with Gasteiger partial charge in [0.05, 0.1) is 18.3 Å². The van der Waals surface area contributed by atoms with Gasteiger partial charge in [-0.1, -0.05) is 0 Å². The molecular weight excluding hydrogens is 441 g/mol. The van der Waals surface area contributed by atoms with Crippen molar-refractivity contribution in [1.82, 2.24) is 24.5 Å². The molecule has 3 aromatic rings. The van der Waals surface area contributed by atoms with Crippen LogP contribution in [-0.2, 0) is 4.74 Å². The maximum absolute atomic E-state index is 13.2. The Kier molecular flexibility index (Phi) is 5.94. The second kappa shape index (κ2) is 9.05. The minimum atomic E-state index is -1.01. The molecule has 3 aromatic heterocycles. The first-order chi connectivity index (χ1) is 16.5. The molecule has 2 aliphatic carbocycles. The van der Waals surface area contributed by atoms with Crippen molar-refractivity contribution in [1.29, 1.82) is 0 Å². The lowest BCUT2D eigenvalue weighted by Gasteiger charge is -2.29. The van der Waals surface area contributed by atoms with E-state index in [1.807, 2.05) is 12.3 Å². The number of anilines is 3. The van der Waals surface area contributed by atoms with Crippen LogP contribution in [0.5, 0.6) is 0 Å². The molecule has 3 N–H and O–H groups in total. The second-order valence-electron chi connectivity index (χ2n) is 8.83. The summed E-state index contributed by atoms with van der Waals surface area (Å²) < 4.78 is 22.0. The van der Waals surface area contributed by atoms with E-state index < -0.39 is 18.1 Å². The van der Waals surface area contributed by atoms with Crippen LogP contribution in [0.25, 0.3) is 5.65 Å². The van der Waals surface area contributed by atoms with Gasteiger partial charge >= 0.3 is 0 Å². The third kappa shape index (κ3) is 4.23. The average molecular weight is 470 g/mol. The van der Waals surface area contributed by atoms with Gasteiger partial charge in [0.15, 0.2) is 5.65 Å². The van der Waals surface area contributed by atoms with Crippen LogP contribution in [-0.4, -0.2) is 57.5 Å². The summed E-state index contributed by atoms with van der Waals surface area (Å²) in [7, 11) is 3.45. The standard InChI is InChI=1S/C23H28FN7O3/c1-25-20-11-19(29-21-15(12-26-31(20)21)22(32)28-18-10-16(18)24)27-17-4-3-9-30(23(17)33)13-5-7-14(34-2)8-6-13/h3-4,9,11-14,16,18,25H,5-8,10H2,1-2H3,(H,27,29)(H,28,32)/t13-,14+,16-,18+/m1/s1. The molecule has 10 nitrogen and oxygen atoms in total. The normalized spacial score (nSPS) is 24.1. The van der Waals surface area contributed by atoms with Crippen LogP contribution in [0.1, 0.15) is 48.5 Å². The fourth-order valence-corrected chi connectivity index (χ4v) is 4.51. The molecule has 2 aliphatic rings. The molecule has 0 aromatic carbocycles. The van der Waals surface area contributed by atoms with Crippen LogP contribution in [0.4, 0.5) is 21.7 Å². The predicted molar refractivity (Wildman–Crippen MR) is 126 cm³/mol. The summed E-state index contributed by atoms with van der Waals surface area (Å²) in [5.74, 6) is 0.537. The molecule has 0 spiro atoms. The van der Waals surface area contributed by atoms with Gasteiger partial charge in [0.2, 0.25) is 0 Å². The number of carbonyl (C=O) groups excluding carboxylic acids is 1. The Morgan fingerprint density at radius 2 is 2.03 bits per heavy atom. The SMILES string of the molecule is CNc1cc(Nc2cccn([C@H]3CC[C@@H](OC)CC3)c2=O)nc2c(C(=O)N[C@H]3C[C@H]3F)cnn12. The fourth-order valence-electron chi connectivity index (χ4n) is 4.51. The molecule has 0 bridgehead atoms. The third-order valence-corrected chi connectivity index (χ3v) is 6.61. The highest BCUT2D eigenvalue weighted by atomic mass is 19.1. The molecule has 3 heterocycles. The van der Waals surface area contributed by atoms with Crippen LogP contribution >= 0.6 is 0 Å². The molecule has 2 saturated carbocycles. The summed E-state index contributed by atoms with van der Waals surface area (Å²) in [5.41, 5.74) is 0.793. The average Bonchev–Trinajstić information content (AvgIpc) is 3.36. The molecule has 11 heteroatoms. The Morgan fingerprint density at radius 1 is 1.26 bits per heavy atom. The Morgan fingerprint density at radius 3 is 2.71 bits per heavy atom. The molecule has 0 aliphatic heterocycles. The van der Waals surface area contributed by atoms with Crippen molar-refractivity contribution in [3.05, 3.63) is 46.5 Å². The lowest BCUT2D eigenvalue weighted by atomic mass is 9.92. The molecular formula is C23H28FN7O3. The third-order valence-electron chi connectivity index (χ3n) is 6.61. The van der Waals surface area contributed by atoms with Gasteiger partial charge in [-0.05, 0) is 37.8 Å². The number of hydrogen-bond acceptors (Lipinski definition) is 7. The van der Waals surface area contributed by atoms with Gasteiger partial charge in [-0.3, -0.25) is 9.59 Å². The van der Waals surface area contributed by atoms with Gasteiger partial charge in [0, 0.05) is 38.9 Å². The Balaban J connectivity index is 1.43. The number of nitrogens with zero attached hydrogens (tertiary/aromatic N) is 4. The van der Waals surface area contributed by atoms with Crippen molar-refractivity contribution in [3.8, 4) is 0 Å². The van der Waals surface area contributed by atoms with E-state index in [-0.39, 0.29) is 23.3 Å². The number of methoxy groups -OCH3 is 1. The zero-order chi connectivity index (χ0) is 23.8. The fraction of sp³-hybridized carbons (Fsp3) is 0.478. The second-order valence-corrected chi connectivity index (χ2v) is 8.83. The quantitative estimate of drug-likeness (QED) is 0.487. The van der Waals surface area contributed by atoms with E-state index >= 15 is 0 Å². The predicted octanol–water partition coefficient (Wildman–Crippen LogP) is 2.65. The number of halogens is 1. The highest BCUT2D eigenvalue weighted by molar-refractivity contribution is 6.00. The number of carbonyl (C=O) groups is 1. The summed E-state index contributed by atoms with van der Waals surface area (Å²) >= 11 is 0. The number of ether oxygens (including phenoxy) is 1. The Hall–Kier alpha value is -3.47. The van der Waals surface area contributed by atoms with Crippen molar-refractivity contribution in [2.24, 2.45) is 0 Å². The van der Waals surface area contributed by atoms with E-state index in [4.69, 9.17) is 4.74 Å². The molecule has 0 unspecified atom stereocenters. The Bertz CT molecular complexity index is 1270. The number of fused-ring (bicyclic) bond motifs is 1. The van der Waals surface area contributed by atoms with Gasteiger partial charge in [-0.25, -0.2) is 9.37 Å². The minimum absolute atomic E-state index is 0.121. The molecule has 1 amide bonds. The van der Waals surface area contributed by atoms with E-state index in [0.29, 0.717) is 29.4 Å². The largest absolute Gasteiger partial charge is 0.381 e. The number of pyridine rings is 1. The summed E-state index contributed by atoms with van der Waals surface area (Å²) in [5, 5.41) is 13.0. The molecule has 34 heavy (non-hydrogen) atoms. The number of amides is 1. The number of aromatic nitrogens is 4. The lowest BCUT2D eigenvalue weighted by molar-refractivity contribution is 0.0580. The van der Waals surface area contributed by atoms with Gasteiger partial charge in [-0.15, -0.1) is 0 Å². The summed E-state index contributed by atoms with van der Waals surface area (Å²) in [4.78, 5) is 30.4. The number of hydrogen-bond donors (Lipinski definition) is 3. The molecule has 0 saturated heterocycles. The van der Waals surface area contributed by atoms with Gasteiger partial charge in [0.1, 0.15) is 29.1 Å². The molecule has 2 fully saturated rings. The number of nitrogens with one attached hydrogen (secondary N) is 3. The molecule has 0 radical (unpaired) electrons. The first-order valence-electron chi connectivity index (χ1n) is 11.5. The van der Waals surface area contributed by atoms with E-state index in [2.05, 4.69) is 26.0 Å². The maximum atomic E-state index is 13.2. The highest BCUT2D eigenvalue weighted by Gasteiger charge is 2.39. The van der Waals surface area contributed by atoms with Crippen LogP contribution in [0.3, 0.4) is 0 Å². The van der Waals surface area contributed by atoms with Crippen molar-refractivity contribution in [3.63, 3.8) is 0 Å². The number of alkyl halides is 1. The molecule has 180 valence electrons. The zero-order valence-corrected chi connectivity index (χ0v) is 19.1. The smallest absolute Gasteiger partial charge is 0.274 e. The highest BCUT2D eigenvalue weighted by Crippen LogP contribution is 2.29. The van der Waals surface area contributed by atoms with Crippen LogP contribution in [0.2, 0.25) is 0 Å². The summed E-state index contributed by atoms with van der Waals surface area (Å²) in [6.07, 6.45) is 6.39. The van der Waals surface area contributed by atoms with Gasteiger partial charge in [0.25, 0.3) is 11.5 Å². The maximum Gasteiger partial charge on any atom is 0.274 e. The summed E-state index contributed by atoms with van der Waals surface area (Å²) in [6, 6.07) is 4.92. The molecule has 5 rings (SSSR count). The topological polar surface area (TPSA) is 115 Å². The van der Waals surface area contributed by atoms with Crippen LogP contribution in [0.15, 0.2) is 35.4 Å². The van der Waals surface area contributed by atoms with Crippen molar-refractivity contribution >= 4 is 28.9 Å². The van der Waals surface area contributed by atoms with Gasteiger partial charge < -0.3 is 25.3 Å². The van der Waals surface area contributed by atoms with Crippen molar-refractivity contribution in [2.45, 2.75) is 56.5 Å². The summed E-state index contributed by atoms with van der Waals surface area (Å²) in [6.45, 7) is 0. The van der Waals surface area contributed by atoms with Gasteiger partial charge in [-0.2, -0.15) is 9.61 Å². The van der Waals surface area contributed by atoms with E-state index in [9.17, 15) is 14.0 Å². The minimum Gasteiger partial charge on any atom is -0.381 e. The van der Waals surface area contributed by atoms with Crippen molar-refractivity contribution in [2.75, 3.05) is 24.8 Å². The van der Waals surface area contributed by atoms with Crippen LogP contribution < -0.4 is 21.5 Å². The number of rotatable bonds is 7. The van der Waals surface area contributed by atoms with E-state index in [1.54, 1.807) is 30.9 Å². The lowest BCUT2D eigenvalue weighted by Crippen LogP contribution is -2.30. The molecule has 2 atom stereocenters. The van der Waals surface area contributed by atoms with Crippen molar-refractivity contribution < 1.29 is 13.9 Å². The van der Waals surface area contributed by atoms with E-state index in [0.717, 1.165) is 25.7 Å². The Labute approximate surface area is 195 Å². The van der Waals surface area contributed by atoms with E-state index in [1.165, 1.54) is 10.7 Å². The first-order valence-corrected chi connectivity index (χ1v) is 11.5. The zero-order valence-electron chi connectivity index (χ0n) is 19.1. The van der Waals surface area contributed by atoms with Crippen LogP contribution in [0, 0.1) is 0 Å². The monoisotopic (exact) mass is 469 g/mol.